The van der Waals surface area contributed by atoms with Crippen LogP contribution in [0.5, 0.6) is 0 Å². The Bertz CT molecular complexity index is 119. The number of hydrogen-bond donors (Lipinski definition) is 0. The van der Waals surface area contributed by atoms with Crippen LogP contribution in [0.15, 0.2) is 0 Å². The van der Waals surface area contributed by atoms with Crippen molar-refractivity contribution in [3.63, 3.8) is 0 Å². The van der Waals surface area contributed by atoms with E-state index in [1.54, 1.807) is 4.90 Å². The molecule has 0 spiro atoms. The van der Waals surface area contributed by atoms with Gasteiger partial charge in [0.2, 0.25) is 0 Å². The van der Waals surface area contributed by atoms with Crippen molar-refractivity contribution >= 4 is 0 Å². The van der Waals surface area contributed by atoms with Crippen molar-refractivity contribution < 1.29 is 13.5 Å². The van der Waals surface area contributed by atoms with Crippen molar-refractivity contribution in [3.8, 4) is 0 Å². The highest BCUT2D eigenvalue weighted by Gasteiger charge is 2.19. The zero-order valence-corrected chi connectivity index (χ0v) is 6.59. The molecule has 0 radical (unpaired) electrons. The molecule has 0 bridgehead atoms. The fourth-order valence-corrected chi connectivity index (χ4v) is 1.25. The molecule has 0 aromatic carbocycles. The molecule has 1 heterocycles. The first-order valence-corrected chi connectivity index (χ1v) is 3.80. The van der Waals surface area contributed by atoms with E-state index < -0.39 is 6.43 Å². The second-order valence-corrected chi connectivity index (χ2v) is 2.83. The van der Waals surface area contributed by atoms with Gasteiger partial charge < -0.3 is 4.74 Å². The molecule has 0 N–H and O–H groups in total. The second-order valence-electron chi connectivity index (χ2n) is 2.83. The van der Waals surface area contributed by atoms with Gasteiger partial charge >= 0.3 is 0 Å². The van der Waals surface area contributed by atoms with Gasteiger partial charge in [-0.3, -0.25) is 4.90 Å². The lowest BCUT2D eigenvalue weighted by Gasteiger charge is -2.30. The molecule has 11 heavy (non-hydrogen) atoms. The molecule has 4 heteroatoms. The summed E-state index contributed by atoms with van der Waals surface area (Å²) in [5, 5.41) is 0. The molecular weight excluding hydrogens is 152 g/mol. The Hall–Kier alpha value is -0.220. The van der Waals surface area contributed by atoms with Crippen LogP contribution in [0.3, 0.4) is 0 Å². The summed E-state index contributed by atoms with van der Waals surface area (Å²) in [6.45, 7) is 3.62. The molecule has 0 aromatic heterocycles. The third-order valence-electron chi connectivity index (χ3n) is 1.72. The number of halogens is 2. The SMILES string of the molecule is C[C@@H]1CN(CC(F)F)CCO1. The molecule has 1 atom stereocenters. The molecule has 1 rings (SSSR count). The molecule has 0 aromatic rings. The van der Waals surface area contributed by atoms with Crippen LogP contribution in [0.1, 0.15) is 6.92 Å². The lowest BCUT2D eigenvalue weighted by Crippen LogP contribution is -2.43. The molecule has 1 saturated heterocycles. The highest BCUT2D eigenvalue weighted by molar-refractivity contribution is 4.68. The van der Waals surface area contributed by atoms with E-state index in [-0.39, 0.29) is 12.6 Å². The van der Waals surface area contributed by atoms with Crippen LogP contribution in [-0.2, 0) is 4.74 Å². The van der Waals surface area contributed by atoms with Gasteiger partial charge in [0, 0.05) is 13.1 Å². The van der Waals surface area contributed by atoms with Gasteiger partial charge in [-0.15, -0.1) is 0 Å². The van der Waals surface area contributed by atoms with E-state index in [0.717, 1.165) is 0 Å². The Kier molecular flexibility index (Phi) is 3.20. The van der Waals surface area contributed by atoms with Crippen LogP contribution in [-0.4, -0.2) is 43.7 Å². The van der Waals surface area contributed by atoms with Gasteiger partial charge in [-0.25, -0.2) is 8.78 Å². The number of hydrogen-bond acceptors (Lipinski definition) is 2. The highest BCUT2D eigenvalue weighted by Crippen LogP contribution is 2.06. The molecule has 1 aliphatic rings. The lowest BCUT2D eigenvalue weighted by molar-refractivity contribution is -0.0360. The normalized spacial score (nSPS) is 27.8. The van der Waals surface area contributed by atoms with E-state index in [1.807, 2.05) is 6.92 Å². The van der Waals surface area contributed by atoms with Gasteiger partial charge in [0.15, 0.2) is 0 Å². The molecule has 0 aliphatic carbocycles. The van der Waals surface area contributed by atoms with Crippen molar-refractivity contribution in [2.24, 2.45) is 0 Å². The number of morpholine rings is 1. The quantitative estimate of drug-likeness (QED) is 0.604. The minimum Gasteiger partial charge on any atom is -0.376 e. The maximum absolute atomic E-state index is 11.9. The Labute approximate surface area is 65.1 Å². The summed E-state index contributed by atoms with van der Waals surface area (Å²) in [7, 11) is 0. The van der Waals surface area contributed by atoms with E-state index in [4.69, 9.17) is 4.74 Å². The van der Waals surface area contributed by atoms with Crippen LogP contribution in [0.2, 0.25) is 0 Å². The van der Waals surface area contributed by atoms with Gasteiger partial charge in [-0.2, -0.15) is 0 Å². The monoisotopic (exact) mass is 165 g/mol. The molecule has 0 amide bonds. The summed E-state index contributed by atoms with van der Waals surface area (Å²) < 4.78 is 28.9. The zero-order chi connectivity index (χ0) is 8.27. The second kappa shape index (κ2) is 3.97. The zero-order valence-electron chi connectivity index (χ0n) is 6.59. The maximum Gasteiger partial charge on any atom is 0.251 e. The minimum absolute atomic E-state index is 0.0995. The average molecular weight is 165 g/mol. The van der Waals surface area contributed by atoms with Crippen LogP contribution < -0.4 is 0 Å². The Morgan fingerprint density at radius 1 is 1.64 bits per heavy atom. The number of nitrogens with zero attached hydrogens (tertiary/aromatic N) is 1. The van der Waals surface area contributed by atoms with Gasteiger partial charge in [0.05, 0.1) is 19.3 Å². The van der Waals surface area contributed by atoms with E-state index in [2.05, 4.69) is 0 Å². The minimum atomic E-state index is -2.22. The van der Waals surface area contributed by atoms with E-state index in [9.17, 15) is 8.78 Å². The van der Waals surface area contributed by atoms with Crippen LogP contribution in [0, 0.1) is 0 Å². The first kappa shape index (κ1) is 8.87. The molecule has 0 saturated carbocycles. The topological polar surface area (TPSA) is 12.5 Å². The third-order valence-corrected chi connectivity index (χ3v) is 1.72. The summed E-state index contributed by atoms with van der Waals surface area (Å²) in [6, 6.07) is 0. The Morgan fingerprint density at radius 2 is 2.36 bits per heavy atom. The molecule has 1 aliphatic heterocycles. The number of alkyl halides is 2. The first-order valence-electron chi connectivity index (χ1n) is 3.80. The third kappa shape index (κ3) is 3.12. The standard InChI is InChI=1S/C7H13F2NO/c1-6-4-10(2-3-11-6)5-7(8)9/h6-7H,2-5H2,1H3/t6-/m1/s1. The summed E-state index contributed by atoms with van der Waals surface area (Å²) >= 11 is 0. The van der Waals surface area contributed by atoms with E-state index in [0.29, 0.717) is 19.7 Å². The lowest BCUT2D eigenvalue weighted by atomic mass is 10.3. The maximum atomic E-state index is 11.9. The van der Waals surface area contributed by atoms with Gasteiger partial charge in [-0.05, 0) is 6.92 Å². The number of ether oxygens (including phenoxy) is 1. The van der Waals surface area contributed by atoms with Crippen molar-refractivity contribution in [3.05, 3.63) is 0 Å². The summed E-state index contributed by atoms with van der Waals surface area (Å²) in [4.78, 5) is 1.73. The van der Waals surface area contributed by atoms with Crippen LogP contribution >= 0.6 is 0 Å². The highest BCUT2D eigenvalue weighted by atomic mass is 19.3. The fourth-order valence-electron chi connectivity index (χ4n) is 1.25. The van der Waals surface area contributed by atoms with Crippen molar-refractivity contribution in [2.45, 2.75) is 19.5 Å². The predicted octanol–water partition coefficient (Wildman–Crippen LogP) is 0.972. The van der Waals surface area contributed by atoms with E-state index >= 15 is 0 Å². The molecule has 1 fully saturated rings. The molecule has 66 valence electrons. The van der Waals surface area contributed by atoms with Gasteiger partial charge in [0.1, 0.15) is 0 Å². The predicted molar refractivity (Wildman–Crippen MR) is 37.9 cm³/mol. The summed E-state index contributed by atoms with van der Waals surface area (Å²) in [5.41, 5.74) is 0. The van der Waals surface area contributed by atoms with Crippen molar-refractivity contribution in [1.82, 2.24) is 4.90 Å². The molecular formula is C7H13F2NO. The van der Waals surface area contributed by atoms with Crippen LogP contribution in [0.4, 0.5) is 8.78 Å². The fraction of sp³-hybridized carbons (Fsp3) is 1.00. The Balaban J connectivity index is 2.23. The van der Waals surface area contributed by atoms with Crippen molar-refractivity contribution in [2.75, 3.05) is 26.2 Å². The van der Waals surface area contributed by atoms with E-state index in [1.165, 1.54) is 0 Å². The van der Waals surface area contributed by atoms with Gasteiger partial charge in [-0.1, -0.05) is 0 Å². The molecule has 2 nitrogen and oxygen atoms in total. The molecule has 0 unspecified atom stereocenters. The average Bonchev–Trinajstić information content (AvgIpc) is 1.85. The first-order chi connectivity index (χ1) is 5.18. The van der Waals surface area contributed by atoms with Crippen molar-refractivity contribution in [1.29, 1.82) is 0 Å². The summed E-state index contributed by atoms with van der Waals surface area (Å²) in [5.74, 6) is 0. The smallest absolute Gasteiger partial charge is 0.251 e. The Morgan fingerprint density at radius 3 is 2.91 bits per heavy atom. The largest absolute Gasteiger partial charge is 0.376 e. The van der Waals surface area contributed by atoms with Gasteiger partial charge in [0.25, 0.3) is 6.43 Å². The summed E-state index contributed by atoms with van der Waals surface area (Å²) in [6.07, 6.45) is -2.12. The number of rotatable bonds is 2. The van der Waals surface area contributed by atoms with Crippen LogP contribution in [0.25, 0.3) is 0 Å².